The first kappa shape index (κ1) is 12.6. The van der Waals surface area contributed by atoms with Crippen molar-refractivity contribution in [2.75, 3.05) is 5.32 Å². The summed E-state index contributed by atoms with van der Waals surface area (Å²) in [5, 5.41) is 3.79. The topological polar surface area (TPSA) is 27.8 Å². The third kappa shape index (κ3) is 2.22. The molecule has 2 nitrogen and oxygen atoms in total. The van der Waals surface area contributed by atoms with Crippen LogP contribution in [0.2, 0.25) is 0 Å². The van der Waals surface area contributed by atoms with E-state index >= 15 is 0 Å². The molecule has 0 radical (unpaired) electrons. The lowest BCUT2D eigenvalue weighted by molar-refractivity contribution is 0.496. The van der Waals surface area contributed by atoms with E-state index in [1.54, 1.807) is 0 Å². The van der Waals surface area contributed by atoms with Crippen LogP contribution in [0.3, 0.4) is 0 Å². The normalized spacial score (nSPS) is 10.9. The Morgan fingerprint density at radius 1 is 0.950 bits per heavy atom. The molecule has 2 N–H and O–H groups in total. The van der Waals surface area contributed by atoms with Crippen LogP contribution < -0.4 is 5.32 Å². The van der Waals surface area contributed by atoms with Gasteiger partial charge in [0.25, 0.3) is 0 Å². The van der Waals surface area contributed by atoms with Crippen molar-refractivity contribution in [1.29, 1.82) is 0 Å². The monoisotopic (exact) mass is 276 g/mol. The van der Waals surface area contributed by atoms with Crippen molar-refractivity contribution in [2.45, 2.75) is 6.54 Å². The average Bonchev–Trinajstić information content (AvgIpc) is 2.90. The molecule has 3 rings (SSSR count). The first-order chi connectivity index (χ1) is 9.65. The summed E-state index contributed by atoms with van der Waals surface area (Å²) in [6.07, 6.45) is 1.81. The molecule has 0 fully saturated rings. The smallest absolute Gasteiger partial charge is 0.161 e. The van der Waals surface area contributed by atoms with Crippen LogP contribution in [0.5, 0.6) is 0 Å². The van der Waals surface area contributed by atoms with Gasteiger partial charge in [0.15, 0.2) is 11.6 Å². The summed E-state index contributed by atoms with van der Waals surface area (Å²) in [4.78, 5) is 3.07. The molecule has 0 saturated carbocycles. The first-order valence-electron chi connectivity index (χ1n) is 6.08. The number of aromatic nitrogens is 1. The molecule has 1 aromatic heterocycles. The number of nitrogens with one attached hydrogen (secondary N) is 2. The molecular weight excluding hydrogens is 265 g/mol. The molecule has 0 atom stereocenters. The number of fused-ring (bicyclic) bond motifs is 1. The van der Waals surface area contributed by atoms with Gasteiger partial charge in [-0.05, 0) is 17.7 Å². The van der Waals surface area contributed by atoms with Crippen molar-refractivity contribution >= 4 is 16.6 Å². The van der Waals surface area contributed by atoms with E-state index in [1.165, 1.54) is 0 Å². The van der Waals surface area contributed by atoms with Crippen LogP contribution in [0.25, 0.3) is 10.9 Å². The molecule has 1 heterocycles. The molecule has 20 heavy (non-hydrogen) atoms. The molecule has 0 spiro atoms. The maximum atomic E-state index is 13.5. The van der Waals surface area contributed by atoms with E-state index in [0.29, 0.717) is 12.6 Å². The van der Waals surface area contributed by atoms with Crippen molar-refractivity contribution in [1.82, 2.24) is 4.98 Å². The van der Waals surface area contributed by atoms with Gasteiger partial charge in [0, 0.05) is 35.8 Å². The second kappa shape index (κ2) is 4.92. The number of rotatable bonds is 3. The highest BCUT2D eigenvalue weighted by molar-refractivity contribution is 5.83. The summed E-state index contributed by atoms with van der Waals surface area (Å²) in [5.41, 5.74) is 1.85. The zero-order chi connectivity index (χ0) is 14.1. The maximum absolute atomic E-state index is 13.5. The molecule has 0 saturated heterocycles. The van der Waals surface area contributed by atoms with Crippen molar-refractivity contribution in [3.8, 4) is 0 Å². The number of H-pyrrole nitrogens is 1. The zero-order valence-corrected chi connectivity index (χ0v) is 10.4. The maximum Gasteiger partial charge on any atom is 0.161 e. The van der Waals surface area contributed by atoms with E-state index < -0.39 is 17.5 Å². The highest BCUT2D eigenvalue weighted by Gasteiger charge is 2.10. The van der Waals surface area contributed by atoms with Gasteiger partial charge in [-0.25, -0.2) is 13.2 Å². The van der Waals surface area contributed by atoms with E-state index in [9.17, 15) is 13.2 Å². The summed E-state index contributed by atoms with van der Waals surface area (Å²) < 4.78 is 39.5. The standard InChI is InChI=1S/C15H11F3N2/c16-11-6-13(18)15(7-12(11)17)20-8-9-2-1-3-14-10(9)4-5-19-14/h1-7,19-20H,8H2. The van der Waals surface area contributed by atoms with Gasteiger partial charge in [0.05, 0.1) is 5.69 Å². The second-order valence-corrected chi connectivity index (χ2v) is 4.46. The fraction of sp³-hybridized carbons (Fsp3) is 0.0667. The molecule has 0 unspecified atom stereocenters. The lowest BCUT2D eigenvalue weighted by Crippen LogP contribution is -2.03. The second-order valence-electron chi connectivity index (χ2n) is 4.46. The third-order valence-corrected chi connectivity index (χ3v) is 3.16. The SMILES string of the molecule is Fc1cc(F)c(NCc2cccc3[nH]ccc23)cc1F. The average molecular weight is 276 g/mol. The number of hydrogen-bond acceptors (Lipinski definition) is 1. The Hall–Kier alpha value is -2.43. The van der Waals surface area contributed by atoms with Gasteiger partial charge in [0.2, 0.25) is 0 Å². The van der Waals surface area contributed by atoms with E-state index in [0.717, 1.165) is 22.5 Å². The molecule has 0 aliphatic heterocycles. The lowest BCUT2D eigenvalue weighted by atomic mass is 10.1. The zero-order valence-electron chi connectivity index (χ0n) is 10.4. The summed E-state index contributed by atoms with van der Waals surface area (Å²) in [7, 11) is 0. The number of hydrogen-bond donors (Lipinski definition) is 2. The van der Waals surface area contributed by atoms with Gasteiger partial charge >= 0.3 is 0 Å². The largest absolute Gasteiger partial charge is 0.378 e. The van der Waals surface area contributed by atoms with Gasteiger partial charge in [-0.3, -0.25) is 0 Å². The van der Waals surface area contributed by atoms with Crippen LogP contribution in [-0.4, -0.2) is 4.98 Å². The Morgan fingerprint density at radius 2 is 1.75 bits per heavy atom. The summed E-state index contributed by atoms with van der Waals surface area (Å²) in [6.45, 7) is 0.317. The molecule has 0 amide bonds. The minimum Gasteiger partial charge on any atom is -0.378 e. The van der Waals surface area contributed by atoms with Crippen LogP contribution in [0.15, 0.2) is 42.6 Å². The van der Waals surface area contributed by atoms with Crippen LogP contribution in [-0.2, 0) is 6.54 Å². The first-order valence-corrected chi connectivity index (χ1v) is 6.08. The number of anilines is 1. The van der Waals surface area contributed by atoms with Crippen LogP contribution >= 0.6 is 0 Å². The quantitative estimate of drug-likeness (QED) is 0.689. The fourth-order valence-electron chi connectivity index (χ4n) is 2.15. The molecule has 0 aliphatic carbocycles. The molecule has 3 aromatic rings. The van der Waals surface area contributed by atoms with Gasteiger partial charge in [-0.1, -0.05) is 12.1 Å². The van der Waals surface area contributed by atoms with E-state index in [2.05, 4.69) is 10.3 Å². The molecule has 2 aromatic carbocycles. The van der Waals surface area contributed by atoms with E-state index in [4.69, 9.17) is 0 Å². The van der Waals surface area contributed by atoms with Crippen molar-refractivity contribution in [3.63, 3.8) is 0 Å². The van der Waals surface area contributed by atoms with E-state index in [-0.39, 0.29) is 5.69 Å². The fourth-order valence-corrected chi connectivity index (χ4v) is 2.15. The molecule has 0 bridgehead atoms. The van der Waals surface area contributed by atoms with Crippen LogP contribution in [0.4, 0.5) is 18.9 Å². The number of aromatic amines is 1. The Kier molecular flexibility index (Phi) is 3.10. The Bertz CT molecular complexity index is 765. The van der Waals surface area contributed by atoms with E-state index in [1.807, 2.05) is 30.5 Å². The Morgan fingerprint density at radius 3 is 2.60 bits per heavy atom. The van der Waals surface area contributed by atoms with Gasteiger partial charge in [-0.15, -0.1) is 0 Å². The molecule has 102 valence electrons. The lowest BCUT2D eigenvalue weighted by Gasteiger charge is -2.09. The predicted molar refractivity (Wildman–Crippen MR) is 71.9 cm³/mol. The minimum absolute atomic E-state index is 0.0589. The number of halogens is 3. The predicted octanol–water partition coefficient (Wildman–Crippen LogP) is 4.20. The number of benzene rings is 2. The Labute approximate surface area is 113 Å². The van der Waals surface area contributed by atoms with Gasteiger partial charge in [0.1, 0.15) is 5.82 Å². The van der Waals surface area contributed by atoms with Gasteiger partial charge in [-0.2, -0.15) is 0 Å². The highest BCUT2D eigenvalue weighted by Crippen LogP contribution is 2.22. The van der Waals surface area contributed by atoms with Crippen LogP contribution in [0.1, 0.15) is 5.56 Å². The summed E-state index contributed by atoms with van der Waals surface area (Å²) in [5.74, 6) is -3.08. The van der Waals surface area contributed by atoms with Crippen LogP contribution in [0, 0.1) is 17.5 Å². The highest BCUT2D eigenvalue weighted by atomic mass is 19.2. The Balaban J connectivity index is 1.86. The minimum atomic E-state index is -1.19. The summed E-state index contributed by atoms with van der Waals surface area (Å²) in [6, 6.07) is 8.96. The molecular formula is C15H11F3N2. The molecule has 0 aliphatic rings. The van der Waals surface area contributed by atoms with Crippen molar-refractivity contribution in [2.24, 2.45) is 0 Å². The van der Waals surface area contributed by atoms with Crippen molar-refractivity contribution in [3.05, 3.63) is 65.6 Å². The molecule has 5 heteroatoms. The summed E-state index contributed by atoms with van der Waals surface area (Å²) >= 11 is 0. The van der Waals surface area contributed by atoms with Crippen molar-refractivity contribution < 1.29 is 13.2 Å². The van der Waals surface area contributed by atoms with Gasteiger partial charge < -0.3 is 10.3 Å². The third-order valence-electron chi connectivity index (χ3n) is 3.16.